The molecule has 0 unspecified atom stereocenters. The maximum atomic E-state index is 12.3. The maximum Gasteiger partial charge on any atom is 0.360 e. The van der Waals surface area contributed by atoms with Crippen LogP contribution >= 0.6 is 0 Å². The largest absolute Gasteiger partial charge is 0.495 e. The summed E-state index contributed by atoms with van der Waals surface area (Å²) in [6.07, 6.45) is 0. The smallest absolute Gasteiger partial charge is 0.360 e. The molecule has 0 atom stereocenters. The first-order valence-corrected chi connectivity index (χ1v) is 9.19. The number of carbonyl (C=O) groups excluding carboxylic acids is 1. The van der Waals surface area contributed by atoms with E-state index in [2.05, 4.69) is 20.9 Å². The lowest BCUT2D eigenvalue weighted by molar-refractivity contribution is 0.0595. The summed E-state index contributed by atoms with van der Waals surface area (Å²) in [6.45, 7) is 3.01. The van der Waals surface area contributed by atoms with Crippen molar-refractivity contribution in [1.29, 1.82) is 0 Å². The van der Waals surface area contributed by atoms with Crippen molar-refractivity contribution in [1.82, 2.24) is 9.97 Å². The van der Waals surface area contributed by atoms with Crippen LogP contribution in [0.2, 0.25) is 0 Å². The highest BCUT2D eigenvalue weighted by Crippen LogP contribution is 2.30. The SMILES string of the molecule is COC(=O)c1nc2ccccc2nc1N1CCN(c2ccccc2OC)CC1. The number of hydrogen-bond acceptors (Lipinski definition) is 7. The van der Waals surface area contributed by atoms with E-state index in [1.54, 1.807) is 7.11 Å². The topological polar surface area (TPSA) is 67.8 Å². The third kappa shape index (κ3) is 3.31. The number of aromatic nitrogens is 2. The molecule has 1 fully saturated rings. The predicted molar refractivity (Wildman–Crippen MR) is 108 cm³/mol. The Morgan fingerprint density at radius 1 is 0.857 bits per heavy atom. The van der Waals surface area contributed by atoms with Crippen molar-refractivity contribution in [3.63, 3.8) is 0 Å². The number of fused-ring (bicyclic) bond motifs is 1. The molecule has 4 rings (SSSR count). The number of benzene rings is 2. The molecule has 0 N–H and O–H groups in total. The van der Waals surface area contributed by atoms with Crippen LogP contribution in [0, 0.1) is 0 Å². The fourth-order valence-corrected chi connectivity index (χ4v) is 3.50. The second-order valence-electron chi connectivity index (χ2n) is 6.52. The van der Waals surface area contributed by atoms with E-state index < -0.39 is 5.97 Å². The van der Waals surface area contributed by atoms with Crippen molar-refractivity contribution < 1.29 is 14.3 Å². The maximum absolute atomic E-state index is 12.3. The van der Waals surface area contributed by atoms with E-state index in [1.165, 1.54) is 7.11 Å². The van der Waals surface area contributed by atoms with Gasteiger partial charge < -0.3 is 19.3 Å². The Bertz CT molecular complexity index is 1000. The number of ether oxygens (including phenoxy) is 2. The highest BCUT2D eigenvalue weighted by Gasteiger charge is 2.26. The number of nitrogens with zero attached hydrogens (tertiary/aromatic N) is 4. The van der Waals surface area contributed by atoms with Crippen LogP contribution in [0.4, 0.5) is 11.5 Å². The molecule has 0 saturated carbocycles. The van der Waals surface area contributed by atoms with E-state index in [1.807, 2.05) is 42.5 Å². The van der Waals surface area contributed by atoms with Gasteiger partial charge in [-0.1, -0.05) is 24.3 Å². The number of hydrogen-bond donors (Lipinski definition) is 0. The van der Waals surface area contributed by atoms with Crippen molar-refractivity contribution >= 4 is 28.5 Å². The van der Waals surface area contributed by atoms with E-state index in [4.69, 9.17) is 14.5 Å². The number of esters is 1. The lowest BCUT2D eigenvalue weighted by atomic mass is 10.2. The number of carbonyl (C=O) groups is 1. The molecule has 0 radical (unpaired) electrons. The lowest BCUT2D eigenvalue weighted by Gasteiger charge is -2.37. The zero-order chi connectivity index (χ0) is 19.5. The van der Waals surface area contributed by atoms with Crippen molar-refractivity contribution in [2.75, 3.05) is 50.2 Å². The molecular weight excluding hydrogens is 356 g/mol. The van der Waals surface area contributed by atoms with Gasteiger partial charge in [0.05, 0.1) is 30.9 Å². The average molecular weight is 378 g/mol. The predicted octanol–water partition coefficient (Wildman–Crippen LogP) is 2.75. The van der Waals surface area contributed by atoms with E-state index in [-0.39, 0.29) is 5.69 Å². The minimum atomic E-state index is -0.472. The summed E-state index contributed by atoms with van der Waals surface area (Å²) in [5.41, 5.74) is 2.77. The molecule has 7 heteroatoms. The van der Waals surface area contributed by atoms with E-state index in [0.29, 0.717) is 11.3 Å². The Balaban J connectivity index is 1.62. The second kappa shape index (κ2) is 7.72. The summed E-state index contributed by atoms with van der Waals surface area (Å²) in [7, 11) is 3.05. The Labute approximate surface area is 163 Å². The molecule has 0 aliphatic carbocycles. The third-order valence-electron chi connectivity index (χ3n) is 4.94. The second-order valence-corrected chi connectivity index (χ2v) is 6.52. The lowest BCUT2D eigenvalue weighted by Crippen LogP contribution is -2.47. The Hall–Kier alpha value is -3.35. The van der Waals surface area contributed by atoms with Gasteiger partial charge in [-0.25, -0.2) is 14.8 Å². The minimum absolute atomic E-state index is 0.256. The molecule has 2 heterocycles. The molecular formula is C21H22N4O3. The Morgan fingerprint density at radius 2 is 1.46 bits per heavy atom. The van der Waals surface area contributed by atoms with Gasteiger partial charge in [-0.15, -0.1) is 0 Å². The highest BCUT2D eigenvalue weighted by atomic mass is 16.5. The van der Waals surface area contributed by atoms with E-state index in [9.17, 15) is 4.79 Å². The standard InChI is InChI=1S/C21H22N4O3/c1-27-18-10-6-5-9-17(18)24-11-13-25(14-12-24)20-19(21(26)28-2)22-15-7-3-4-8-16(15)23-20/h3-10H,11-14H2,1-2H3. The van der Waals surface area contributed by atoms with Gasteiger partial charge in [-0.3, -0.25) is 0 Å². The first-order valence-electron chi connectivity index (χ1n) is 9.19. The van der Waals surface area contributed by atoms with Crippen molar-refractivity contribution in [3.8, 4) is 5.75 Å². The summed E-state index contributed by atoms with van der Waals surface area (Å²) in [6, 6.07) is 15.5. The number of methoxy groups -OCH3 is 2. The zero-order valence-corrected chi connectivity index (χ0v) is 16.0. The Morgan fingerprint density at radius 3 is 2.14 bits per heavy atom. The molecule has 1 aliphatic heterocycles. The van der Waals surface area contributed by atoms with Crippen LogP contribution in [0.25, 0.3) is 11.0 Å². The molecule has 28 heavy (non-hydrogen) atoms. The molecule has 0 bridgehead atoms. The summed E-state index contributed by atoms with van der Waals surface area (Å²) in [4.78, 5) is 25.9. The zero-order valence-electron chi connectivity index (χ0n) is 16.0. The minimum Gasteiger partial charge on any atom is -0.495 e. The molecule has 0 amide bonds. The van der Waals surface area contributed by atoms with Crippen LogP contribution in [0.1, 0.15) is 10.5 Å². The van der Waals surface area contributed by atoms with Crippen LogP contribution in [0.15, 0.2) is 48.5 Å². The first-order chi connectivity index (χ1) is 13.7. The summed E-state index contributed by atoms with van der Waals surface area (Å²) in [5, 5.41) is 0. The van der Waals surface area contributed by atoms with Gasteiger partial charge in [0.25, 0.3) is 0 Å². The van der Waals surface area contributed by atoms with Crippen molar-refractivity contribution in [3.05, 3.63) is 54.2 Å². The molecule has 144 valence electrons. The summed E-state index contributed by atoms with van der Waals surface area (Å²) < 4.78 is 10.4. The molecule has 3 aromatic rings. The number of anilines is 2. The molecule has 1 aliphatic rings. The molecule has 2 aromatic carbocycles. The van der Waals surface area contributed by atoms with Gasteiger partial charge in [-0.05, 0) is 24.3 Å². The van der Waals surface area contributed by atoms with E-state index in [0.717, 1.165) is 43.1 Å². The van der Waals surface area contributed by atoms with Crippen LogP contribution in [-0.4, -0.2) is 56.3 Å². The van der Waals surface area contributed by atoms with Gasteiger partial charge in [0.1, 0.15) is 5.75 Å². The third-order valence-corrected chi connectivity index (χ3v) is 4.94. The summed E-state index contributed by atoms with van der Waals surface area (Å²) >= 11 is 0. The first kappa shape index (κ1) is 18.0. The monoisotopic (exact) mass is 378 g/mol. The van der Waals surface area contributed by atoms with Gasteiger partial charge in [0.2, 0.25) is 0 Å². The average Bonchev–Trinajstić information content (AvgIpc) is 2.77. The highest BCUT2D eigenvalue weighted by molar-refractivity contribution is 5.95. The number of piperazine rings is 1. The van der Waals surface area contributed by atoms with Crippen molar-refractivity contribution in [2.24, 2.45) is 0 Å². The fraction of sp³-hybridized carbons (Fsp3) is 0.286. The number of para-hydroxylation sites is 4. The summed E-state index contributed by atoms with van der Waals surface area (Å²) in [5.74, 6) is 0.960. The normalized spacial score (nSPS) is 14.2. The van der Waals surface area contributed by atoms with Crippen LogP contribution in [0.3, 0.4) is 0 Å². The van der Waals surface area contributed by atoms with Crippen molar-refractivity contribution in [2.45, 2.75) is 0 Å². The van der Waals surface area contributed by atoms with Crippen LogP contribution in [0.5, 0.6) is 5.75 Å². The number of rotatable bonds is 4. The molecule has 1 saturated heterocycles. The van der Waals surface area contributed by atoms with Crippen LogP contribution < -0.4 is 14.5 Å². The fourth-order valence-electron chi connectivity index (χ4n) is 3.50. The Kier molecular flexibility index (Phi) is 4.97. The van der Waals surface area contributed by atoms with Gasteiger partial charge in [0.15, 0.2) is 11.5 Å². The van der Waals surface area contributed by atoms with E-state index >= 15 is 0 Å². The van der Waals surface area contributed by atoms with Crippen LogP contribution in [-0.2, 0) is 4.74 Å². The van der Waals surface area contributed by atoms with Gasteiger partial charge in [0, 0.05) is 26.2 Å². The quantitative estimate of drug-likeness (QED) is 0.647. The molecule has 7 nitrogen and oxygen atoms in total. The molecule has 1 aromatic heterocycles. The van der Waals surface area contributed by atoms with Gasteiger partial charge >= 0.3 is 5.97 Å². The molecule has 0 spiro atoms. The van der Waals surface area contributed by atoms with Gasteiger partial charge in [-0.2, -0.15) is 0 Å².